The molecule has 1 saturated heterocycles. The number of aryl methyl sites for hydroxylation is 1. The molecular weight excluding hydrogens is 214 g/mol. The summed E-state index contributed by atoms with van der Waals surface area (Å²) in [4.78, 5) is 12.1. The molecule has 1 N–H and O–H groups in total. The van der Waals surface area contributed by atoms with E-state index in [9.17, 15) is 4.79 Å². The van der Waals surface area contributed by atoms with Crippen LogP contribution in [0.2, 0.25) is 5.02 Å². The molecule has 2 heterocycles. The molecule has 15 heavy (non-hydrogen) atoms. The molecule has 1 aromatic rings. The number of rotatable bonds is 3. The second-order valence-corrected chi connectivity index (χ2v) is 4.08. The van der Waals surface area contributed by atoms with Crippen LogP contribution in [0.3, 0.4) is 0 Å². The first kappa shape index (κ1) is 10.6. The molecule has 0 spiro atoms. The van der Waals surface area contributed by atoms with Gasteiger partial charge in [-0.05, 0) is 26.3 Å². The topological polar surface area (TPSA) is 46.9 Å². The second-order valence-electron chi connectivity index (χ2n) is 3.67. The van der Waals surface area contributed by atoms with E-state index < -0.39 is 0 Å². The minimum atomic E-state index is -0.0792. The van der Waals surface area contributed by atoms with Crippen LogP contribution in [0.15, 0.2) is 6.20 Å². The molecule has 0 amide bonds. The van der Waals surface area contributed by atoms with E-state index >= 15 is 0 Å². The summed E-state index contributed by atoms with van der Waals surface area (Å²) >= 11 is 5.97. The first-order chi connectivity index (χ1) is 7.24. The van der Waals surface area contributed by atoms with Crippen LogP contribution in [0.4, 0.5) is 0 Å². The third kappa shape index (κ3) is 1.92. The van der Waals surface area contributed by atoms with E-state index in [4.69, 9.17) is 11.6 Å². The molecular formula is C10H14ClN3O. The molecule has 1 aromatic heterocycles. The third-order valence-electron chi connectivity index (χ3n) is 2.70. The number of hydrogen-bond acceptors (Lipinski definition) is 3. The van der Waals surface area contributed by atoms with Crippen molar-refractivity contribution in [2.24, 2.45) is 0 Å². The maximum Gasteiger partial charge on any atom is 0.199 e. The Bertz CT molecular complexity index is 369. The van der Waals surface area contributed by atoms with Gasteiger partial charge in [0.05, 0.1) is 17.3 Å². The lowest BCUT2D eigenvalue weighted by Gasteiger charge is -2.10. The number of nitrogens with zero attached hydrogens (tertiary/aromatic N) is 2. The Kier molecular flexibility index (Phi) is 3.07. The zero-order chi connectivity index (χ0) is 10.8. The lowest BCUT2D eigenvalue weighted by molar-refractivity contribution is 0.0942. The molecule has 1 aliphatic heterocycles. The Balaban J connectivity index is 2.27. The maximum atomic E-state index is 12.1. The molecule has 0 aliphatic carbocycles. The van der Waals surface area contributed by atoms with E-state index in [-0.39, 0.29) is 11.8 Å². The number of Topliss-reactive ketones (excluding diaryl/α,β-unsaturated/α-hetero) is 1. The predicted molar refractivity (Wildman–Crippen MR) is 58.3 cm³/mol. The monoisotopic (exact) mass is 227 g/mol. The van der Waals surface area contributed by atoms with Gasteiger partial charge in [0, 0.05) is 6.54 Å². The molecule has 2 rings (SSSR count). The van der Waals surface area contributed by atoms with Crippen molar-refractivity contribution in [3.63, 3.8) is 0 Å². The van der Waals surface area contributed by atoms with Gasteiger partial charge in [0.25, 0.3) is 0 Å². The fraction of sp³-hybridized carbons (Fsp3) is 0.600. The summed E-state index contributed by atoms with van der Waals surface area (Å²) in [6.07, 6.45) is 3.48. The minimum Gasteiger partial charge on any atom is -0.307 e. The van der Waals surface area contributed by atoms with Crippen LogP contribution in [-0.4, -0.2) is 28.2 Å². The Hall–Kier alpha value is -0.870. The number of halogens is 1. The summed E-state index contributed by atoms with van der Waals surface area (Å²) in [5.74, 6) is 0.0665. The maximum absolute atomic E-state index is 12.1. The van der Waals surface area contributed by atoms with Crippen LogP contribution in [0.25, 0.3) is 0 Å². The summed E-state index contributed by atoms with van der Waals surface area (Å²) in [6, 6.07) is -0.0792. The van der Waals surface area contributed by atoms with Gasteiger partial charge >= 0.3 is 0 Å². The standard InChI is InChI=1S/C10H14ClN3O/c1-2-14-9(7(11)6-13-14)10(15)8-4-3-5-12-8/h6,8,12H,2-5H2,1H3. The lowest BCUT2D eigenvalue weighted by atomic mass is 10.1. The molecule has 1 atom stereocenters. The van der Waals surface area contributed by atoms with Gasteiger partial charge in [0.2, 0.25) is 0 Å². The summed E-state index contributed by atoms with van der Waals surface area (Å²) in [6.45, 7) is 3.52. The van der Waals surface area contributed by atoms with Crippen molar-refractivity contribution >= 4 is 17.4 Å². The zero-order valence-electron chi connectivity index (χ0n) is 8.66. The molecule has 1 unspecified atom stereocenters. The smallest absolute Gasteiger partial charge is 0.199 e. The summed E-state index contributed by atoms with van der Waals surface area (Å²) < 4.78 is 1.66. The van der Waals surface area contributed by atoms with Crippen molar-refractivity contribution in [1.82, 2.24) is 15.1 Å². The van der Waals surface area contributed by atoms with Crippen molar-refractivity contribution in [3.8, 4) is 0 Å². The van der Waals surface area contributed by atoms with Gasteiger partial charge in [-0.15, -0.1) is 0 Å². The number of nitrogens with one attached hydrogen (secondary N) is 1. The zero-order valence-corrected chi connectivity index (χ0v) is 9.42. The van der Waals surface area contributed by atoms with Crippen LogP contribution in [0, 0.1) is 0 Å². The molecule has 0 aromatic carbocycles. The highest BCUT2D eigenvalue weighted by Gasteiger charge is 2.27. The lowest BCUT2D eigenvalue weighted by Crippen LogP contribution is -2.32. The second kappa shape index (κ2) is 4.33. The van der Waals surface area contributed by atoms with Crippen molar-refractivity contribution in [3.05, 3.63) is 16.9 Å². The quantitative estimate of drug-likeness (QED) is 0.796. The van der Waals surface area contributed by atoms with Crippen molar-refractivity contribution < 1.29 is 4.79 Å². The Morgan fingerprint density at radius 2 is 2.60 bits per heavy atom. The first-order valence-electron chi connectivity index (χ1n) is 5.23. The Morgan fingerprint density at radius 1 is 1.80 bits per heavy atom. The SMILES string of the molecule is CCn1ncc(Cl)c1C(=O)C1CCCN1. The van der Waals surface area contributed by atoms with Crippen molar-refractivity contribution in [2.45, 2.75) is 32.4 Å². The normalized spacial score (nSPS) is 20.8. The molecule has 0 radical (unpaired) electrons. The van der Waals surface area contributed by atoms with Gasteiger partial charge in [-0.3, -0.25) is 9.48 Å². The number of carbonyl (C=O) groups is 1. The largest absolute Gasteiger partial charge is 0.307 e. The Morgan fingerprint density at radius 3 is 3.20 bits per heavy atom. The molecule has 1 aliphatic rings. The van der Waals surface area contributed by atoms with Gasteiger partial charge in [-0.2, -0.15) is 5.10 Å². The van der Waals surface area contributed by atoms with Crippen LogP contribution >= 0.6 is 11.6 Å². The average molecular weight is 228 g/mol. The first-order valence-corrected chi connectivity index (χ1v) is 5.60. The average Bonchev–Trinajstić information content (AvgIpc) is 2.85. The van der Waals surface area contributed by atoms with Gasteiger partial charge in [-0.1, -0.05) is 11.6 Å². The van der Waals surface area contributed by atoms with E-state index in [0.717, 1.165) is 19.4 Å². The molecule has 0 saturated carbocycles. The minimum absolute atomic E-state index is 0.0665. The van der Waals surface area contributed by atoms with Gasteiger partial charge in [0.1, 0.15) is 5.69 Å². The number of carbonyl (C=O) groups excluding carboxylic acids is 1. The van der Waals surface area contributed by atoms with Crippen LogP contribution in [0.5, 0.6) is 0 Å². The van der Waals surface area contributed by atoms with E-state index in [1.165, 1.54) is 6.20 Å². The summed E-state index contributed by atoms with van der Waals surface area (Å²) in [7, 11) is 0. The van der Waals surface area contributed by atoms with E-state index in [2.05, 4.69) is 10.4 Å². The van der Waals surface area contributed by atoms with Crippen molar-refractivity contribution in [1.29, 1.82) is 0 Å². The van der Waals surface area contributed by atoms with Crippen LogP contribution in [-0.2, 0) is 6.54 Å². The number of ketones is 1. The van der Waals surface area contributed by atoms with Gasteiger partial charge in [0.15, 0.2) is 5.78 Å². The molecule has 4 nitrogen and oxygen atoms in total. The summed E-state index contributed by atoms with van der Waals surface area (Å²) in [5, 5.41) is 7.69. The third-order valence-corrected chi connectivity index (χ3v) is 2.98. The molecule has 82 valence electrons. The van der Waals surface area contributed by atoms with E-state index in [0.29, 0.717) is 17.3 Å². The van der Waals surface area contributed by atoms with E-state index in [1.54, 1.807) is 4.68 Å². The fourth-order valence-corrected chi connectivity index (χ4v) is 2.15. The van der Waals surface area contributed by atoms with Crippen LogP contribution < -0.4 is 5.32 Å². The fourth-order valence-electron chi connectivity index (χ4n) is 1.92. The van der Waals surface area contributed by atoms with Gasteiger partial charge < -0.3 is 5.32 Å². The van der Waals surface area contributed by atoms with E-state index in [1.807, 2.05) is 6.92 Å². The van der Waals surface area contributed by atoms with Gasteiger partial charge in [-0.25, -0.2) is 0 Å². The highest BCUT2D eigenvalue weighted by atomic mass is 35.5. The summed E-state index contributed by atoms with van der Waals surface area (Å²) in [5.41, 5.74) is 0.540. The molecule has 1 fully saturated rings. The highest BCUT2D eigenvalue weighted by Crippen LogP contribution is 2.19. The molecule has 5 heteroatoms. The molecule has 0 bridgehead atoms. The number of hydrogen-bond donors (Lipinski definition) is 1. The van der Waals surface area contributed by atoms with Crippen molar-refractivity contribution in [2.75, 3.05) is 6.54 Å². The highest BCUT2D eigenvalue weighted by molar-refractivity contribution is 6.33. The van der Waals surface area contributed by atoms with Crippen LogP contribution in [0.1, 0.15) is 30.3 Å². The number of aromatic nitrogens is 2. The predicted octanol–water partition coefficient (Wildman–Crippen LogP) is 1.49. The Labute approximate surface area is 93.6 Å².